The molecule has 1 atom stereocenters. The Morgan fingerprint density at radius 2 is 1.54 bits per heavy atom. The molecule has 3 rings (SSSR count). The van der Waals surface area contributed by atoms with Gasteiger partial charge in [0.2, 0.25) is 0 Å². The van der Waals surface area contributed by atoms with Crippen LogP contribution in [0.25, 0.3) is 0 Å². The minimum atomic E-state index is -1.12. The molecule has 1 unspecified atom stereocenters. The van der Waals surface area contributed by atoms with Crippen LogP contribution in [0.3, 0.4) is 0 Å². The second kappa shape index (κ2) is 8.54. The summed E-state index contributed by atoms with van der Waals surface area (Å²) in [5, 5.41) is 14.9. The van der Waals surface area contributed by atoms with Crippen molar-refractivity contribution in [1.82, 2.24) is 5.32 Å². The quantitative estimate of drug-likeness (QED) is 0.683. The van der Waals surface area contributed by atoms with Gasteiger partial charge in [0.1, 0.15) is 5.60 Å². The highest BCUT2D eigenvalue weighted by Crippen LogP contribution is 2.44. The van der Waals surface area contributed by atoms with Crippen molar-refractivity contribution < 1.29 is 9.90 Å². The number of carbonyl (C=O) groups is 1. The summed E-state index contributed by atoms with van der Waals surface area (Å²) in [6, 6.07) is 19.7. The smallest absolute Gasteiger partial charge is 0.283 e. The van der Waals surface area contributed by atoms with E-state index in [9.17, 15) is 9.90 Å². The Balaban J connectivity index is 1.93. The summed E-state index contributed by atoms with van der Waals surface area (Å²) in [5.74, 6) is -0.0870. The lowest BCUT2D eigenvalue weighted by Gasteiger charge is -2.38. The number of allylic oxidation sites excluding steroid dienone is 1. The molecule has 0 aromatic heterocycles. The Labute approximate surface area is 172 Å². The fourth-order valence-electron chi connectivity index (χ4n) is 3.73. The lowest BCUT2D eigenvalue weighted by Crippen LogP contribution is -2.39. The van der Waals surface area contributed by atoms with Crippen LogP contribution in [0, 0.1) is 5.92 Å². The van der Waals surface area contributed by atoms with Crippen LogP contribution in [0.5, 0.6) is 0 Å². The molecule has 1 aliphatic carbocycles. The van der Waals surface area contributed by atoms with Crippen molar-refractivity contribution in [1.29, 1.82) is 0 Å². The molecule has 1 amide bonds. The Morgan fingerprint density at radius 1 is 1.00 bits per heavy atom. The van der Waals surface area contributed by atoms with Crippen molar-refractivity contribution >= 4 is 17.0 Å². The van der Waals surface area contributed by atoms with E-state index in [1.54, 1.807) is 0 Å². The summed E-state index contributed by atoms with van der Waals surface area (Å²) in [4.78, 5) is 13.4. The number of nitrogens with one attached hydrogen (secondary N) is 1. The van der Waals surface area contributed by atoms with Gasteiger partial charge < -0.3 is 10.4 Å². The molecule has 0 heterocycles. The Kier molecular flexibility index (Phi) is 6.31. The third-order valence-corrected chi connectivity index (χ3v) is 5.88. The van der Waals surface area contributed by atoms with Crippen LogP contribution in [0.1, 0.15) is 51.2 Å². The summed E-state index contributed by atoms with van der Waals surface area (Å²) >= 11 is 1.26. The molecule has 4 heteroatoms. The van der Waals surface area contributed by atoms with E-state index >= 15 is 0 Å². The third-order valence-electron chi connectivity index (χ3n) is 4.99. The molecule has 0 bridgehead atoms. The highest BCUT2D eigenvalue weighted by Gasteiger charge is 2.40. The molecule has 28 heavy (non-hydrogen) atoms. The number of hydrogen-bond acceptors (Lipinski definition) is 3. The molecule has 0 aliphatic heterocycles. The van der Waals surface area contributed by atoms with E-state index in [1.165, 1.54) is 11.8 Å². The van der Waals surface area contributed by atoms with Gasteiger partial charge in [0, 0.05) is 11.5 Å². The highest BCUT2D eigenvalue weighted by molar-refractivity contribution is 8.16. The number of amides is 1. The largest absolute Gasteiger partial charge is 0.380 e. The average Bonchev–Trinajstić information content (AvgIpc) is 2.67. The number of rotatable bonds is 4. The van der Waals surface area contributed by atoms with Crippen molar-refractivity contribution in [2.45, 2.75) is 51.2 Å². The molecular weight excluding hydrogens is 366 g/mol. The monoisotopic (exact) mass is 395 g/mol. The minimum Gasteiger partial charge on any atom is -0.380 e. The zero-order chi connectivity index (χ0) is 20.2. The van der Waals surface area contributed by atoms with Crippen molar-refractivity contribution in [3.05, 3.63) is 82.8 Å². The first-order valence-electron chi connectivity index (χ1n) is 9.83. The second-order valence-electron chi connectivity index (χ2n) is 8.39. The van der Waals surface area contributed by atoms with Gasteiger partial charge in [0.15, 0.2) is 0 Å². The fourth-order valence-corrected chi connectivity index (χ4v) is 4.81. The standard InChI is InChI=1S/C24H29NO2S/c1-23(2,3)25-22(26)28-21-16-10-15-20(17-21)24(27,18-11-6-4-7-12-18)19-13-8-5-9-14-19/h4-9,11-14,17,20,27H,10,15-16H2,1-3H3,(H,25,26). The van der Waals surface area contributed by atoms with Crippen LogP contribution in [0.2, 0.25) is 0 Å². The van der Waals surface area contributed by atoms with E-state index in [2.05, 4.69) is 11.4 Å². The summed E-state index contributed by atoms with van der Waals surface area (Å²) < 4.78 is 0. The summed E-state index contributed by atoms with van der Waals surface area (Å²) in [5.41, 5.74) is 0.392. The molecule has 3 nitrogen and oxygen atoms in total. The van der Waals surface area contributed by atoms with Gasteiger partial charge in [-0.15, -0.1) is 0 Å². The lowest BCUT2D eigenvalue weighted by molar-refractivity contribution is 0.0301. The van der Waals surface area contributed by atoms with Crippen molar-refractivity contribution in [2.75, 3.05) is 0 Å². The Hall–Kier alpha value is -2.04. The predicted octanol–water partition coefficient (Wildman–Crippen LogP) is 5.85. The number of hydrogen-bond donors (Lipinski definition) is 2. The summed E-state index contributed by atoms with van der Waals surface area (Å²) in [6.45, 7) is 5.94. The van der Waals surface area contributed by atoms with Gasteiger partial charge in [0.05, 0.1) is 0 Å². The lowest BCUT2D eigenvalue weighted by atomic mass is 9.72. The van der Waals surface area contributed by atoms with Crippen molar-refractivity contribution in [3.63, 3.8) is 0 Å². The van der Waals surface area contributed by atoms with Crippen molar-refractivity contribution in [2.24, 2.45) is 5.92 Å². The van der Waals surface area contributed by atoms with Gasteiger partial charge >= 0.3 is 0 Å². The van der Waals surface area contributed by atoms with Gasteiger partial charge in [0.25, 0.3) is 5.24 Å². The maximum atomic E-state index is 12.4. The number of aliphatic hydroxyl groups is 1. The normalized spacial score (nSPS) is 17.7. The van der Waals surface area contributed by atoms with Crippen LogP contribution in [-0.2, 0) is 5.60 Å². The van der Waals surface area contributed by atoms with Gasteiger partial charge in [-0.25, -0.2) is 0 Å². The van der Waals surface area contributed by atoms with Gasteiger partial charge in [-0.05, 0) is 67.8 Å². The molecule has 2 aromatic carbocycles. The van der Waals surface area contributed by atoms with Crippen LogP contribution in [0.4, 0.5) is 4.79 Å². The van der Waals surface area contributed by atoms with Crippen molar-refractivity contribution in [3.8, 4) is 0 Å². The Bertz CT molecular complexity index is 785. The number of carbonyl (C=O) groups excluding carboxylic acids is 1. The van der Waals surface area contributed by atoms with Crippen LogP contribution in [-0.4, -0.2) is 15.9 Å². The molecule has 148 valence electrons. The molecular formula is C24H29NO2S. The molecule has 0 saturated heterocycles. The van der Waals surface area contributed by atoms with Gasteiger partial charge in [-0.3, -0.25) is 4.79 Å². The molecule has 2 aromatic rings. The third kappa shape index (κ3) is 4.86. The van der Waals surface area contributed by atoms with Crippen LogP contribution < -0.4 is 5.32 Å². The molecule has 0 fully saturated rings. The first kappa shape index (κ1) is 20.7. The first-order valence-corrected chi connectivity index (χ1v) is 10.6. The van der Waals surface area contributed by atoms with E-state index in [0.29, 0.717) is 0 Å². The number of thioether (sulfide) groups is 1. The van der Waals surface area contributed by atoms with Gasteiger partial charge in [-0.1, -0.05) is 66.7 Å². The minimum absolute atomic E-state index is 0.0395. The maximum absolute atomic E-state index is 12.4. The molecule has 0 saturated carbocycles. The maximum Gasteiger partial charge on any atom is 0.283 e. The van der Waals surface area contributed by atoms with E-state index in [1.807, 2.05) is 81.4 Å². The van der Waals surface area contributed by atoms with E-state index in [4.69, 9.17) is 0 Å². The van der Waals surface area contributed by atoms with Crippen LogP contribution in [0.15, 0.2) is 71.6 Å². The van der Waals surface area contributed by atoms with E-state index < -0.39 is 5.60 Å². The fraction of sp³-hybridized carbons (Fsp3) is 0.375. The van der Waals surface area contributed by atoms with E-state index in [-0.39, 0.29) is 16.7 Å². The second-order valence-corrected chi connectivity index (χ2v) is 9.49. The molecule has 1 aliphatic rings. The SMILES string of the molecule is CC(C)(C)NC(=O)SC1=CC(C(O)(c2ccccc2)c2ccccc2)CCC1. The predicted molar refractivity (Wildman–Crippen MR) is 117 cm³/mol. The molecule has 0 radical (unpaired) electrons. The highest BCUT2D eigenvalue weighted by atomic mass is 32.2. The average molecular weight is 396 g/mol. The topological polar surface area (TPSA) is 49.3 Å². The zero-order valence-corrected chi connectivity index (χ0v) is 17.6. The number of benzene rings is 2. The zero-order valence-electron chi connectivity index (χ0n) is 16.8. The molecule has 2 N–H and O–H groups in total. The van der Waals surface area contributed by atoms with E-state index in [0.717, 1.165) is 35.3 Å². The first-order chi connectivity index (χ1) is 13.3. The van der Waals surface area contributed by atoms with Gasteiger partial charge in [-0.2, -0.15) is 0 Å². The summed E-state index contributed by atoms with van der Waals surface area (Å²) in [7, 11) is 0. The van der Waals surface area contributed by atoms with Crippen LogP contribution >= 0.6 is 11.8 Å². The Morgan fingerprint density at radius 3 is 2.04 bits per heavy atom. The summed E-state index contributed by atoms with van der Waals surface area (Å²) in [6.07, 6.45) is 4.81. The molecule has 0 spiro atoms.